The number of hydrogen-bond donors (Lipinski definition) is 1. The van der Waals surface area contributed by atoms with Crippen molar-refractivity contribution >= 4 is 22.7 Å². The van der Waals surface area contributed by atoms with Crippen molar-refractivity contribution in [3.8, 4) is 0 Å². The summed E-state index contributed by atoms with van der Waals surface area (Å²) in [5.74, 6) is 0.815. The first-order valence-electron chi connectivity index (χ1n) is 6.29. The summed E-state index contributed by atoms with van der Waals surface area (Å²) in [7, 11) is 0. The molecule has 0 saturated heterocycles. The van der Waals surface area contributed by atoms with Crippen LogP contribution in [0.15, 0.2) is 41.7 Å². The third-order valence-electron chi connectivity index (χ3n) is 2.88. The molecule has 0 saturated carbocycles. The molecule has 1 aromatic carbocycles. The zero-order valence-electron chi connectivity index (χ0n) is 10.8. The van der Waals surface area contributed by atoms with E-state index in [4.69, 9.17) is 5.73 Å². The van der Waals surface area contributed by atoms with Crippen LogP contribution in [0.5, 0.6) is 0 Å². The van der Waals surface area contributed by atoms with E-state index in [0.29, 0.717) is 13.1 Å². The quantitative estimate of drug-likeness (QED) is 0.715. The fraction of sp³-hybridized carbons (Fsp3) is 0.231. The molecule has 2 aromatic heterocycles. The van der Waals surface area contributed by atoms with Gasteiger partial charge >= 0.3 is 0 Å². The Morgan fingerprint density at radius 1 is 1.25 bits per heavy atom. The van der Waals surface area contributed by atoms with Crippen LogP contribution in [0.25, 0.3) is 10.9 Å². The largest absolute Gasteiger partial charge is 0.329 e. The molecule has 0 aliphatic carbocycles. The number of rotatable bonds is 5. The van der Waals surface area contributed by atoms with Gasteiger partial charge in [0, 0.05) is 23.9 Å². The van der Waals surface area contributed by atoms with Gasteiger partial charge in [-0.2, -0.15) is 0 Å². The van der Waals surface area contributed by atoms with Crippen LogP contribution in [0.2, 0.25) is 0 Å². The molecule has 2 N–H and O–H groups in total. The zero-order chi connectivity index (χ0) is 13.8. The molecule has 6 nitrogen and oxygen atoms in total. The summed E-state index contributed by atoms with van der Waals surface area (Å²) in [5, 5.41) is 13.5. The van der Waals surface area contributed by atoms with Crippen molar-refractivity contribution in [3.63, 3.8) is 0 Å². The molecule has 2 heterocycles. The van der Waals surface area contributed by atoms with Crippen molar-refractivity contribution < 1.29 is 0 Å². The van der Waals surface area contributed by atoms with Gasteiger partial charge in [-0.15, -0.1) is 5.10 Å². The van der Waals surface area contributed by atoms with E-state index in [9.17, 15) is 0 Å². The second kappa shape index (κ2) is 5.98. The second-order valence-corrected chi connectivity index (χ2v) is 5.23. The van der Waals surface area contributed by atoms with Gasteiger partial charge in [0.1, 0.15) is 0 Å². The summed E-state index contributed by atoms with van der Waals surface area (Å²) in [6, 6.07) is 10.3. The monoisotopic (exact) mass is 286 g/mol. The average Bonchev–Trinajstić information content (AvgIpc) is 2.93. The number of benzene rings is 1. The highest BCUT2D eigenvalue weighted by Gasteiger charge is 2.06. The summed E-state index contributed by atoms with van der Waals surface area (Å²) in [6.45, 7) is 1.16. The first-order valence-corrected chi connectivity index (χ1v) is 7.28. The smallest absolute Gasteiger partial charge is 0.209 e. The van der Waals surface area contributed by atoms with Crippen molar-refractivity contribution in [1.29, 1.82) is 0 Å². The maximum atomic E-state index is 5.53. The van der Waals surface area contributed by atoms with E-state index in [2.05, 4.69) is 38.7 Å². The maximum Gasteiger partial charge on any atom is 0.209 e. The first-order chi connectivity index (χ1) is 9.86. The third-order valence-corrected chi connectivity index (χ3v) is 3.90. The topological polar surface area (TPSA) is 82.5 Å². The van der Waals surface area contributed by atoms with Gasteiger partial charge < -0.3 is 5.73 Å². The lowest BCUT2D eigenvalue weighted by atomic mass is 10.1. The van der Waals surface area contributed by atoms with Crippen LogP contribution in [0.3, 0.4) is 0 Å². The molecule has 0 aliphatic rings. The number of nitrogens with two attached hydrogens (primary N) is 1. The van der Waals surface area contributed by atoms with E-state index in [-0.39, 0.29) is 0 Å². The number of thioether (sulfide) groups is 1. The van der Waals surface area contributed by atoms with Crippen molar-refractivity contribution in [2.45, 2.75) is 17.5 Å². The molecule has 0 spiro atoms. The number of fused-ring (bicyclic) bond motifs is 1. The number of hydrogen-bond acceptors (Lipinski definition) is 6. The molecule has 0 unspecified atom stereocenters. The van der Waals surface area contributed by atoms with Gasteiger partial charge in [-0.25, -0.2) is 4.68 Å². The summed E-state index contributed by atoms with van der Waals surface area (Å²) in [6.07, 6.45) is 1.80. The highest BCUT2D eigenvalue weighted by molar-refractivity contribution is 7.98. The standard InChI is InChI=1S/C13H14N6S/c14-5-7-19-13(16-17-18-19)20-9-10-3-4-12-11(8-10)2-1-6-15-12/h1-4,6,8H,5,7,9,14H2. The Kier molecular flexibility index (Phi) is 3.89. The van der Waals surface area contributed by atoms with E-state index < -0.39 is 0 Å². The van der Waals surface area contributed by atoms with Crippen molar-refractivity contribution in [2.75, 3.05) is 6.54 Å². The van der Waals surface area contributed by atoms with E-state index >= 15 is 0 Å². The minimum absolute atomic E-state index is 0.528. The molecule has 0 aliphatic heterocycles. The number of tetrazole rings is 1. The predicted octanol–water partition coefficient (Wildman–Crippen LogP) is 1.47. The van der Waals surface area contributed by atoms with Gasteiger partial charge in [-0.05, 0) is 34.2 Å². The minimum Gasteiger partial charge on any atom is -0.329 e. The van der Waals surface area contributed by atoms with Crippen molar-refractivity contribution in [3.05, 3.63) is 42.1 Å². The Balaban J connectivity index is 1.74. The Bertz CT molecular complexity index is 711. The molecule has 0 fully saturated rings. The fourth-order valence-electron chi connectivity index (χ4n) is 1.93. The van der Waals surface area contributed by atoms with Crippen LogP contribution in [0.4, 0.5) is 0 Å². The molecule has 3 rings (SSSR count). The van der Waals surface area contributed by atoms with Gasteiger partial charge in [0.2, 0.25) is 5.16 Å². The molecule has 0 amide bonds. The van der Waals surface area contributed by atoms with E-state index in [1.165, 1.54) is 5.56 Å². The molecule has 102 valence electrons. The number of aromatic nitrogens is 5. The van der Waals surface area contributed by atoms with E-state index in [1.807, 2.05) is 12.1 Å². The zero-order valence-corrected chi connectivity index (χ0v) is 11.6. The molecule has 0 radical (unpaired) electrons. The third kappa shape index (κ3) is 2.78. The second-order valence-electron chi connectivity index (χ2n) is 4.29. The van der Waals surface area contributed by atoms with Crippen LogP contribution in [-0.2, 0) is 12.3 Å². The van der Waals surface area contributed by atoms with Crippen LogP contribution >= 0.6 is 11.8 Å². The molecular formula is C13H14N6S. The van der Waals surface area contributed by atoms with Gasteiger partial charge in [-0.3, -0.25) is 4.98 Å². The average molecular weight is 286 g/mol. The molecule has 0 bridgehead atoms. The van der Waals surface area contributed by atoms with Gasteiger partial charge in [-0.1, -0.05) is 23.9 Å². The predicted molar refractivity (Wildman–Crippen MR) is 78.2 cm³/mol. The number of nitrogens with zero attached hydrogens (tertiary/aromatic N) is 5. The fourth-order valence-corrected chi connectivity index (χ4v) is 2.77. The van der Waals surface area contributed by atoms with E-state index in [1.54, 1.807) is 22.6 Å². The summed E-state index contributed by atoms with van der Waals surface area (Å²) in [5.41, 5.74) is 7.75. The molecule has 20 heavy (non-hydrogen) atoms. The molecular weight excluding hydrogens is 272 g/mol. The van der Waals surface area contributed by atoms with Crippen molar-refractivity contribution in [1.82, 2.24) is 25.2 Å². The van der Waals surface area contributed by atoms with Gasteiger partial charge in [0.05, 0.1) is 12.1 Å². The lowest BCUT2D eigenvalue weighted by molar-refractivity contribution is 0.557. The van der Waals surface area contributed by atoms with E-state index in [0.717, 1.165) is 21.8 Å². The van der Waals surface area contributed by atoms with Crippen LogP contribution in [0.1, 0.15) is 5.56 Å². The Morgan fingerprint density at radius 2 is 2.20 bits per heavy atom. The highest BCUT2D eigenvalue weighted by Crippen LogP contribution is 2.22. The normalized spacial score (nSPS) is 11.1. The lowest BCUT2D eigenvalue weighted by Gasteiger charge is -2.04. The van der Waals surface area contributed by atoms with Gasteiger partial charge in [0.15, 0.2) is 0 Å². The Hall–Kier alpha value is -1.99. The van der Waals surface area contributed by atoms with Crippen molar-refractivity contribution in [2.24, 2.45) is 5.73 Å². The maximum absolute atomic E-state index is 5.53. The summed E-state index contributed by atoms with van der Waals surface area (Å²) in [4.78, 5) is 4.31. The number of pyridine rings is 1. The summed E-state index contributed by atoms with van der Waals surface area (Å²) >= 11 is 1.61. The van der Waals surface area contributed by atoms with Crippen LogP contribution in [-0.4, -0.2) is 31.7 Å². The van der Waals surface area contributed by atoms with Gasteiger partial charge in [0.25, 0.3) is 0 Å². The Labute approximate surface area is 120 Å². The lowest BCUT2D eigenvalue weighted by Crippen LogP contribution is -2.12. The van der Waals surface area contributed by atoms with Crippen LogP contribution in [0, 0.1) is 0 Å². The Morgan fingerprint density at radius 3 is 3.10 bits per heavy atom. The SMILES string of the molecule is NCCn1nnnc1SCc1ccc2ncccc2c1. The van der Waals surface area contributed by atoms with Crippen LogP contribution < -0.4 is 5.73 Å². The first kappa shape index (κ1) is 13.0. The summed E-state index contributed by atoms with van der Waals surface area (Å²) < 4.78 is 1.73. The molecule has 0 atom stereocenters. The highest BCUT2D eigenvalue weighted by atomic mass is 32.2. The molecule has 7 heteroatoms. The minimum atomic E-state index is 0.528. The molecule has 3 aromatic rings.